The molecular formula is C19H25IN6S. The van der Waals surface area contributed by atoms with Crippen molar-refractivity contribution in [2.75, 3.05) is 13.1 Å². The van der Waals surface area contributed by atoms with E-state index in [0.717, 1.165) is 47.4 Å². The van der Waals surface area contributed by atoms with Crippen LogP contribution in [0.2, 0.25) is 0 Å². The van der Waals surface area contributed by atoms with Crippen molar-refractivity contribution >= 4 is 41.3 Å². The summed E-state index contributed by atoms with van der Waals surface area (Å²) in [7, 11) is 0. The minimum absolute atomic E-state index is 0. The van der Waals surface area contributed by atoms with Crippen LogP contribution in [0.25, 0.3) is 5.69 Å². The molecule has 1 aromatic carbocycles. The Kier molecular flexibility index (Phi) is 8.73. The molecule has 0 aliphatic heterocycles. The number of para-hydroxylation sites is 1. The number of aryl methyl sites for hydroxylation is 1. The van der Waals surface area contributed by atoms with Crippen LogP contribution in [-0.2, 0) is 13.0 Å². The number of aliphatic imine (C=N–C) groups is 1. The average molecular weight is 496 g/mol. The fraction of sp³-hybridized carbons (Fsp3) is 0.316. The predicted molar refractivity (Wildman–Crippen MR) is 122 cm³/mol. The van der Waals surface area contributed by atoms with Gasteiger partial charge in [-0.05, 0) is 25.5 Å². The molecule has 0 atom stereocenters. The topological polar surface area (TPSA) is 67.1 Å². The molecule has 0 spiro atoms. The molecule has 0 bridgehead atoms. The first-order valence-corrected chi connectivity index (χ1v) is 9.63. The number of benzene rings is 1. The number of hydrogen-bond acceptors (Lipinski definition) is 4. The number of hydrogen-bond donors (Lipinski definition) is 2. The highest BCUT2D eigenvalue weighted by atomic mass is 127. The van der Waals surface area contributed by atoms with Gasteiger partial charge in [0.05, 0.1) is 29.3 Å². The van der Waals surface area contributed by atoms with Crippen LogP contribution in [0, 0.1) is 6.92 Å². The van der Waals surface area contributed by atoms with Crippen molar-refractivity contribution in [1.29, 1.82) is 0 Å². The van der Waals surface area contributed by atoms with Gasteiger partial charge in [0, 0.05) is 37.3 Å². The van der Waals surface area contributed by atoms with E-state index in [2.05, 4.69) is 45.0 Å². The summed E-state index contributed by atoms with van der Waals surface area (Å²) < 4.78 is 2.01. The summed E-state index contributed by atoms with van der Waals surface area (Å²) in [5, 5.41) is 9.91. The SMILES string of the molecule is CCNC(=NCc1ccccc1-n1ccnc1)NCCc1csc(C)n1.I. The van der Waals surface area contributed by atoms with E-state index in [-0.39, 0.29) is 24.0 Å². The molecule has 3 aromatic rings. The molecule has 6 nitrogen and oxygen atoms in total. The van der Waals surface area contributed by atoms with Crippen LogP contribution in [-0.4, -0.2) is 33.6 Å². The van der Waals surface area contributed by atoms with E-state index in [1.807, 2.05) is 36.1 Å². The fourth-order valence-corrected chi connectivity index (χ4v) is 3.28. The lowest BCUT2D eigenvalue weighted by atomic mass is 10.2. The quantitative estimate of drug-likeness (QED) is 0.298. The van der Waals surface area contributed by atoms with E-state index in [1.54, 1.807) is 17.5 Å². The lowest BCUT2D eigenvalue weighted by molar-refractivity contribution is 0.789. The third-order valence-corrected chi connectivity index (χ3v) is 4.69. The van der Waals surface area contributed by atoms with Crippen molar-refractivity contribution in [1.82, 2.24) is 25.2 Å². The van der Waals surface area contributed by atoms with Crippen LogP contribution in [0.15, 0.2) is 53.4 Å². The zero-order valence-electron chi connectivity index (χ0n) is 15.6. The lowest BCUT2D eigenvalue weighted by Gasteiger charge is -2.12. The van der Waals surface area contributed by atoms with Gasteiger partial charge in [-0.1, -0.05) is 18.2 Å². The summed E-state index contributed by atoms with van der Waals surface area (Å²) in [5.41, 5.74) is 3.38. The van der Waals surface area contributed by atoms with Gasteiger partial charge in [0.25, 0.3) is 0 Å². The number of nitrogens with zero attached hydrogens (tertiary/aromatic N) is 4. The predicted octanol–water partition coefficient (Wildman–Crippen LogP) is 3.55. The van der Waals surface area contributed by atoms with E-state index in [0.29, 0.717) is 6.54 Å². The monoisotopic (exact) mass is 496 g/mol. The number of guanidine groups is 1. The van der Waals surface area contributed by atoms with Crippen LogP contribution >= 0.6 is 35.3 Å². The molecule has 144 valence electrons. The third kappa shape index (κ3) is 6.31. The number of aromatic nitrogens is 3. The minimum Gasteiger partial charge on any atom is -0.357 e. The Hall–Kier alpha value is -1.94. The largest absolute Gasteiger partial charge is 0.357 e. The van der Waals surface area contributed by atoms with Crippen LogP contribution < -0.4 is 10.6 Å². The van der Waals surface area contributed by atoms with E-state index >= 15 is 0 Å². The molecule has 0 aliphatic carbocycles. The summed E-state index contributed by atoms with van der Waals surface area (Å²) in [4.78, 5) is 13.4. The smallest absolute Gasteiger partial charge is 0.191 e. The fourth-order valence-electron chi connectivity index (χ4n) is 2.64. The molecule has 0 radical (unpaired) electrons. The summed E-state index contributed by atoms with van der Waals surface area (Å²) in [6.45, 7) is 6.33. The molecule has 2 aromatic heterocycles. The van der Waals surface area contributed by atoms with Gasteiger partial charge in [-0.15, -0.1) is 35.3 Å². The van der Waals surface area contributed by atoms with Crippen molar-refractivity contribution < 1.29 is 0 Å². The van der Waals surface area contributed by atoms with Gasteiger partial charge in [0.2, 0.25) is 0 Å². The Labute approximate surface area is 181 Å². The first-order valence-electron chi connectivity index (χ1n) is 8.75. The van der Waals surface area contributed by atoms with Crippen molar-refractivity contribution in [3.05, 3.63) is 64.6 Å². The molecule has 0 unspecified atom stereocenters. The lowest BCUT2D eigenvalue weighted by Crippen LogP contribution is -2.38. The Balaban J connectivity index is 0.00000261. The maximum atomic E-state index is 4.73. The van der Waals surface area contributed by atoms with Gasteiger partial charge >= 0.3 is 0 Å². The van der Waals surface area contributed by atoms with Crippen molar-refractivity contribution in [3.8, 4) is 5.69 Å². The van der Waals surface area contributed by atoms with E-state index in [9.17, 15) is 0 Å². The van der Waals surface area contributed by atoms with Gasteiger partial charge in [-0.25, -0.2) is 15.0 Å². The molecule has 0 amide bonds. The average Bonchev–Trinajstić information content (AvgIpc) is 3.32. The first kappa shape index (κ1) is 21.4. The Morgan fingerprint density at radius 3 is 2.81 bits per heavy atom. The Bertz CT molecular complexity index is 844. The van der Waals surface area contributed by atoms with Crippen LogP contribution in [0.5, 0.6) is 0 Å². The summed E-state index contributed by atoms with van der Waals surface area (Å²) in [6, 6.07) is 8.25. The Morgan fingerprint density at radius 1 is 1.26 bits per heavy atom. The van der Waals surface area contributed by atoms with Crippen LogP contribution in [0.4, 0.5) is 0 Å². The maximum absolute atomic E-state index is 4.73. The third-order valence-electron chi connectivity index (χ3n) is 3.87. The van der Waals surface area contributed by atoms with E-state index < -0.39 is 0 Å². The number of nitrogens with one attached hydrogen (secondary N) is 2. The van der Waals surface area contributed by atoms with Gasteiger partial charge in [-0.2, -0.15) is 0 Å². The summed E-state index contributed by atoms with van der Waals surface area (Å²) in [6.07, 6.45) is 6.43. The number of imidazole rings is 1. The normalized spacial score (nSPS) is 11.1. The van der Waals surface area contributed by atoms with Gasteiger partial charge in [0.1, 0.15) is 0 Å². The second-order valence-electron chi connectivity index (χ2n) is 5.83. The van der Waals surface area contributed by atoms with Gasteiger partial charge in [0.15, 0.2) is 5.96 Å². The van der Waals surface area contributed by atoms with Gasteiger partial charge < -0.3 is 15.2 Å². The van der Waals surface area contributed by atoms with Crippen molar-refractivity contribution in [3.63, 3.8) is 0 Å². The zero-order valence-corrected chi connectivity index (χ0v) is 18.7. The molecule has 0 aliphatic rings. The highest BCUT2D eigenvalue weighted by molar-refractivity contribution is 14.0. The standard InChI is InChI=1S/C19H24N6S.HI/c1-3-21-19(22-9-8-17-13-26-15(2)24-17)23-12-16-6-4-5-7-18(16)25-11-10-20-14-25;/h4-7,10-11,13-14H,3,8-9,12H2,1-2H3,(H2,21,22,23);1H. The molecule has 8 heteroatoms. The maximum Gasteiger partial charge on any atom is 0.191 e. The van der Waals surface area contributed by atoms with Gasteiger partial charge in [-0.3, -0.25) is 0 Å². The molecule has 2 N–H and O–H groups in total. The molecule has 3 rings (SSSR count). The molecule has 0 saturated heterocycles. The van der Waals surface area contributed by atoms with Crippen LogP contribution in [0.3, 0.4) is 0 Å². The number of thiazole rings is 1. The second kappa shape index (κ2) is 11.0. The minimum atomic E-state index is 0. The Morgan fingerprint density at radius 2 is 2.11 bits per heavy atom. The number of halogens is 1. The first-order chi connectivity index (χ1) is 12.8. The van der Waals surface area contributed by atoms with E-state index in [4.69, 9.17) is 4.99 Å². The molecule has 27 heavy (non-hydrogen) atoms. The molecular weight excluding hydrogens is 471 g/mol. The number of rotatable bonds is 7. The second-order valence-corrected chi connectivity index (χ2v) is 6.89. The summed E-state index contributed by atoms with van der Waals surface area (Å²) in [5.74, 6) is 0.819. The summed E-state index contributed by atoms with van der Waals surface area (Å²) >= 11 is 1.69. The molecule has 0 saturated carbocycles. The van der Waals surface area contributed by atoms with Crippen molar-refractivity contribution in [2.45, 2.75) is 26.8 Å². The molecule has 2 heterocycles. The van der Waals surface area contributed by atoms with Crippen LogP contribution in [0.1, 0.15) is 23.2 Å². The van der Waals surface area contributed by atoms with E-state index in [1.165, 1.54) is 0 Å². The molecule has 0 fully saturated rings. The van der Waals surface area contributed by atoms with Crippen molar-refractivity contribution in [2.24, 2.45) is 4.99 Å². The highest BCUT2D eigenvalue weighted by Crippen LogP contribution is 2.15. The highest BCUT2D eigenvalue weighted by Gasteiger charge is 2.05. The zero-order chi connectivity index (χ0) is 18.2.